The van der Waals surface area contributed by atoms with Crippen molar-refractivity contribution in [3.63, 3.8) is 0 Å². The normalized spacial score (nSPS) is 14.3. The maximum absolute atomic E-state index is 3.74. The van der Waals surface area contributed by atoms with E-state index in [2.05, 4.69) is 157 Å². The fourth-order valence-electron chi connectivity index (χ4n) is 4.93. The van der Waals surface area contributed by atoms with Crippen LogP contribution in [0.4, 0.5) is 17.1 Å². The van der Waals surface area contributed by atoms with Crippen molar-refractivity contribution in [2.45, 2.75) is 25.7 Å². The second kappa shape index (κ2) is 12.8. The van der Waals surface area contributed by atoms with E-state index in [1.54, 1.807) is 0 Å². The van der Waals surface area contributed by atoms with Gasteiger partial charge in [0.2, 0.25) is 0 Å². The number of nitrogens with zero attached hydrogens (tertiary/aromatic N) is 2. The molecule has 0 aromatic heterocycles. The first-order chi connectivity index (χ1) is 19.2. The molecule has 0 fully saturated rings. The Balaban J connectivity index is 1.39. The zero-order valence-corrected chi connectivity index (χ0v) is 22.7. The molecule has 0 amide bonds. The molecule has 0 atom stereocenters. The molecule has 0 N–H and O–H groups in total. The summed E-state index contributed by atoms with van der Waals surface area (Å²) in [5, 5.41) is 0. The Bertz CT molecular complexity index is 1460. The third kappa shape index (κ3) is 6.48. The Kier molecular flexibility index (Phi) is 8.55. The average Bonchev–Trinajstić information content (AvgIpc) is 3.27. The lowest BCUT2D eigenvalue weighted by atomic mass is 9.96. The van der Waals surface area contributed by atoms with Crippen molar-refractivity contribution < 1.29 is 0 Å². The minimum atomic E-state index is 0.884. The summed E-state index contributed by atoms with van der Waals surface area (Å²) < 4.78 is 0. The zero-order chi connectivity index (χ0) is 26.9. The van der Waals surface area contributed by atoms with Gasteiger partial charge in [-0.1, -0.05) is 78.9 Å². The fourth-order valence-corrected chi connectivity index (χ4v) is 4.93. The number of hydrogen-bond acceptors (Lipinski definition) is 2. The van der Waals surface area contributed by atoms with E-state index in [9.17, 15) is 0 Å². The fraction of sp³-hybridized carbons (Fsp3) is 0.135. The molecule has 39 heavy (non-hydrogen) atoms. The first-order valence-corrected chi connectivity index (χ1v) is 13.7. The van der Waals surface area contributed by atoms with Crippen LogP contribution >= 0.6 is 0 Å². The number of hydrogen-bond donors (Lipinski definition) is 0. The predicted molar refractivity (Wildman–Crippen MR) is 170 cm³/mol. The van der Waals surface area contributed by atoms with E-state index in [0.29, 0.717) is 0 Å². The Morgan fingerprint density at radius 3 is 2.31 bits per heavy atom. The van der Waals surface area contributed by atoms with Crippen LogP contribution in [0.1, 0.15) is 30.4 Å². The van der Waals surface area contributed by atoms with Crippen LogP contribution in [0.25, 0.3) is 17.2 Å². The van der Waals surface area contributed by atoms with Crippen molar-refractivity contribution in [3.8, 4) is 11.1 Å². The third-order valence-corrected chi connectivity index (χ3v) is 7.08. The van der Waals surface area contributed by atoms with Gasteiger partial charge >= 0.3 is 0 Å². The van der Waals surface area contributed by atoms with Gasteiger partial charge in [0, 0.05) is 36.0 Å². The monoisotopic (exact) mass is 508 g/mol. The summed E-state index contributed by atoms with van der Waals surface area (Å²) in [7, 11) is 2.07. The molecule has 3 aromatic rings. The van der Waals surface area contributed by atoms with Gasteiger partial charge in [0.25, 0.3) is 0 Å². The minimum Gasteiger partial charge on any atom is -0.351 e. The quantitative estimate of drug-likeness (QED) is 0.210. The van der Waals surface area contributed by atoms with Crippen LogP contribution in [0.3, 0.4) is 0 Å². The Labute approximate surface area is 233 Å². The summed E-state index contributed by atoms with van der Waals surface area (Å²) in [4.78, 5) is 4.48. The molecule has 0 spiro atoms. The highest BCUT2D eigenvalue weighted by molar-refractivity contribution is 5.76. The highest BCUT2D eigenvalue weighted by atomic mass is 15.1. The van der Waals surface area contributed by atoms with Gasteiger partial charge in [-0.05, 0) is 103 Å². The molecule has 194 valence electrons. The summed E-state index contributed by atoms with van der Waals surface area (Å²) in [6, 6.07) is 24.5. The molecule has 0 unspecified atom stereocenters. The first-order valence-electron chi connectivity index (χ1n) is 13.7. The van der Waals surface area contributed by atoms with Crippen molar-refractivity contribution in [3.05, 3.63) is 157 Å². The van der Waals surface area contributed by atoms with E-state index in [0.717, 1.165) is 42.8 Å². The first kappa shape index (κ1) is 26.1. The molecule has 0 heterocycles. The molecule has 0 aliphatic heterocycles. The highest BCUT2D eigenvalue weighted by Crippen LogP contribution is 2.35. The standard InChI is InChI=1S/C37H36N2/c1-3-4-5-8-13-28-38(2)34-23-18-31(19-24-34)32-20-25-36(26-21-32)39(35-16-9-6-7-10-17-35)37-27-22-30-14-11-12-15-33(30)29-37/h3,5-6,8-10,12-13,15-29H,1,4,7,11,14H2,2H3/b8-5-,28-13+. The molecular weight excluding hydrogens is 472 g/mol. The SMILES string of the molecule is C=CC/C=C\C=C\N(C)c1ccc(-c2ccc(N(C3=CC=CCC=C3)c3ccc4c(c3)C=CCC4)cc2)cc1. The maximum Gasteiger partial charge on any atom is 0.0467 e. The number of allylic oxidation sites excluding steroid dienone is 10. The van der Waals surface area contributed by atoms with Crippen molar-refractivity contribution >= 4 is 23.1 Å². The van der Waals surface area contributed by atoms with Crippen molar-refractivity contribution in [1.82, 2.24) is 0 Å². The molecule has 0 saturated carbocycles. The van der Waals surface area contributed by atoms with Gasteiger partial charge in [-0.25, -0.2) is 0 Å². The molecule has 2 aliphatic carbocycles. The molecule has 2 heteroatoms. The maximum atomic E-state index is 3.74. The van der Waals surface area contributed by atoms with Gasteiger partial charge in [0.05, 0.1) is 0 Å². The summed E-state index contributed by atoms with van der Waals surface area (Å²) in [6.45, 7) is 3.74. The third-order valence-electron chi connectivity index (χ3n) is 7.08. The smallest absolute Gasteiger partial charge is 0.0467 e. The van der Waals surface area contributed by atoms with Gasteiger partial charge in [-0.2, -0.15) is 0 Å². The summed E-state index contributed by atoms with van der Waals surface area (Å²) >= 11 is 0. The summed E-state index contributed by atoms with van der Waals surface area (Å²) in [5.74, 6) is 0. The average molecular weight is 509 g/mol. The second-order valence-corrected chi connectivity index (χ2v) is 9.82. The van der Waals surface area contributed by atoms with Crippen LogP contribution in [0.2, 0.25) is 0 Å². The van der Waals surface area contributed by atoms with E-state index in [-0.39, 0.29) is 0 Å². The number of rotatable bonds is 9. The number of benzene rings is 3. The molecule has 2 nitrogen and oxygen atoms in total. The van der Waals surface area contributed by atoms with E-state index in [4.69, 9.17) is 0 Å². The molecule has 0 radical (unpaired) electrons. The molecular formula is C37H36N2. The van der Waals surface area contributed by atoms with Gasteiger partial charge in [-0.3, -0.25) is 0 Å². The lowest BCUT2D eigenvalue weighted by Crippen LogP contribution is -2.15. The molecule has 0 saturated heterocycles. The van der Waals surface area contributed by atoms with Crippen LogP contribution in [0, 0.1) is 0 Å². The van der Waals surface area contributed by atoms with Crippen LogP contribution in [0.15, 0.2) is 146 Å². The number of aryl methyl sites for hydroxylation is 1. The number of fused-ring (bicyclic) bond motifs is 1. The van der Waals surface area contributed by atoms with Crippen molar-refractivity contribution in [2.75, 3.05) is 16.8 Å². The van der Waals surface area contributed by atoms with E-state index >= 15 is 0 Å². The molecule has 0 bridgehead atoms. The Morgan fingerprint density at radius 1 is 0.795 bits per heavy atom. The topological polar surface area (TPSA) is 6.48 Å². The zero-order valence-electron chi connectivity index (χ0n) is 22.7. The molecule has 2 aliphatic rings. The van der Waals surface area contributed by atoms with Crippen LogP contribution in [-0.4, -0.2) is 7.05 Å². The van der Waals surface area contributed by atoms with Crippen LogP contribution in [-0.2, 0) is 6.42 Å². The molecule has 5 rings (SSSR count). The van der Waals surface area contributed by atoms with Crippen LogP contribution < -0.4 is 9.80 Å². The van der Waals surface area contributed by atoms with E-state index in [1.807, 2.05) is 6.08 Å². The Hall–Kier alpha value is -4.56. The van der Waals surface area contributed by atoms with E-state index < -0.39 is 0 Å². The van der Waals surface area contributed by atoms with Gasteiger partial charge in [0.1, 0.15) is 0 Å². The number of anilines is 3. The minimum absolute atomic E-state index is 0.884. The largest absolute Gasteiger partial charge is 0.351 e. The summed E-state index contributed by atoms with van der Waals surface area (Å²) in [6.07, 6.45) is 29.8. The van der Waals surface area contributed by atoms with Gasteiger partial charge in [-0.15, -0.1) is 6.58 Å². The van der Waals surface area contributed by atoms with Crippen molar-refractivity contribution in [2.24, 2.45) is 0 Å². The second-order valence-electron chi connectivity index (χ2n) is 9.82. The van der Waals surface area contributed by atoms with E-state index in [1.165, 1.54) is 27.9 Å². The Morgan fingerprint density at radius 2 is 1.54 bits per heavy atom. The molecule has 3 aromatic carbocycles. The summed E-state index contributed by atoms with van der Waals surface area (Å²) in [5.41, 5.74) is 9.80. The van der Waals surface area contributed by atoms with Crippen molar-refractivity contribution in [1.29, 1.82) is 0 Å². The predicted octanol–water partition coefficient (Wildman–Crippen LogP) is 9.93. The van der Waals surface area contributed by atoms with Gasteiger partial charge in [0.15, 0.2) is 0 Å². The lowest BCUT2D eigenvalue weighted by molar-refractivity contribution is 0.984. The van der Waals surface area contributed by atoms with Crippen LogP contribution in [0.5, 0.6) is 0 Å². The van der Waals surface area contributed by atoms with Gasteiger partial charge < -0.3 is 9.80 Å². The lowest BCUT2D eigenvalue weighted by Gasteiger charge is -2.27. The highest BCUT2D eigenvalue weighted by Gasteiger charge is 2.16.